The molecule has 0 atom stereocenters. The van der Waals surface area contributed by atoms with E-state index in [4.69, 9.17) is 9.52 Å². The number of hydrogen-bond donors (Lipinski definition) is 1. The Morgan fingerprint density at radius 3 is 2.30 bits per heavy atom. The van der Waals surface area contributed by atoms with E-state index in [1.54, 1.807) is 11.8 Å². The molecule has 9 heteroatoms. The zero-order valence-corrected chi connectivity index (χ0v) is 13.9. The van der Waals surface area contributed by atoms with Crippen LogP contribution in [-0.2, 0) is 10.0 Å². The fourth-order valence-electron chi connectivity index (χ4n) is 2.84. The van der Waals surface area contributed by atoms with Gasteiger partial charge in [0, 0.05) is 25.7 Å². The Labute approximate surface area is 134 Å². The van der Waals surface area contributed by atoms with Crippen molar-refractivity contribution in [1.29, 1.82) is 0 Å². The molecule has 128 valence electrons. The van der Waals surface area contributed by atoms with Gasteiger partial charge in [-0.15, -0.1) is 0 Å². The largest absolute Gasteiger partial charge is 0.475 e. The maximum atomic E-state index is 12.3. The lowest BCUT2D eigenvalue weighted by molar-refractivity contribution is 0.0624. The zero-order valence-electron chi connectivity index (χ0n) is 13.1. The van der Waals surface area contributed by atoms with E-state index in [1.807, 2.05) is 0 Å². The number of carboxylic acid groups (broad SMARTS) is 1. The summed E-state index contributed by atoms with van der Waals surface area (Å²) in [6, 6.07) is 2.46. The minimum Gasteiger partial charge on any atom is -0.475 e. The van der Waals surface area contributed by atoms with Gasteiger partial charge in [-0.3, -0.25) is 4.79 Å². The van der Waals surface area contributed by atoms with Crippen molar-refractivity contribution in [2.75, 3.05) is 25.9 Å². The second kappa shape index (κ2) is 6.71. The Balaban J connectivity index is 2.00. The van der Waals surface area contributed by atoms with Crippen LogP contribution in [0.1, 0.15) is 40.9 Å². The molecule has 0 unspecified atom stereocenters. The van der Waals surface area contributed by atoms with Crippen molar-refractivity contribution >= 4 is 21.9 Å². The fourth-order valence-corrected chi connectivity index (χ4v) is 4.07. The lowest BCUT2D eigenvalue weighted by Crippen LogP contribution is -2.48. The van der Waals surface area contributed by atoms with Gasteiger partial charge in [0.1, 0.15) is 0 Å². The first-order chi connectivity index (χ1) is 10.7. The van der Waals surface area contributed by atoms with Crippen LogP contribution in [-0.4, -0.2) is 66.5 Å². The van der Waals surface area contributed by atoms with E-state index in [0.717, 1.165) is 0 Å². The number of likely N-dealkylation sites (tertiary alicyclic amines) is 1. The Kier molecular flexibility index (Phi) is 5.10. The van der Waals surface area contributed by atoms with Gasteiger partial charge in [-0.2, -0.15) is 4.31 Å². The Bertz CT molecular complexity index is 688. The first-order valence-corrected chi connectivity index (χ1v) is 9.18. The molecule has 0 saturated carbocycles. The van der Waals surface area contributed by atoms with E-state index in [2.05, 4.69) is 0 Å². The fraction of sp³-hybridized carbons (Fsp3) is 0.571. The van der Waals surface area contributed by atoms with Crippen LogP contribution in [0.25, 0.3) is 0 Å². The van der Waals surface area contributed by atoms with Crippen molar-refractivity contribution in [2.24, 2.45) is 0 Å². The molecule has 0 bridgehead atoms. The van der Waals surface area contributed by atoms with E-state index in [9.17, 15) is 18.0 Å². The van der Waals surface area contributed by atoms with E-state index in [-0.39, 0.29) is 23.5 Å². The number of carbonyl (C=O) groups is 2. The van der Waals surface area contributed by atoms with E-state index in [1.165, 1.54) is 22.7 Å². The summed E-state index contributed by atoms with van der Waals surface area (Å²) in [6.07, 6.45) is 2.27. The summed E-state index contributed by atoms with van der Waals surface area (Å²) in [4.78, 5) is 24.6. The highest BCUT2D eigenvalue weighted by atomic mass is 32.2. The van der Waals surface area contributed by atoms with Crippen molar-refractivity contribution in [3.05, 3.63) is 23.7 Å². The van der Waals surface area contributed by atoms with Gasteiger partial charge in [0.05, 0.1) is 6.26 Å². The number of sulfonamides is 1. The normalized spacial score (nSPS) is 16.7. The van der Waals surface area contributed by atoms with Crippen LogP contribution >= 0.6 is 0 Å². The van der Waals surface area contributed by atoms with Crippen LogP contribution in [0, 0.1) is 0 Å². The van der Waals surface area contributed by atoms with Crippen molar-refractivity contribution in [2.45, 2.75) is 25.8 Å². The number of rotatable bonds is 5. The molecule has 1 fully saturated rings. The molecule has 23 heavy (non-hydrogen) atoms. The van der Waals surface area contributed by atoms with Crippen LogP contribution in [0.2, 0.25) is 0 Å². The Morgan fingerprint density at radius 2 is 1.87 bits per heavy atom. The number of aromatic carboxylic acids is 1. The summed E-state index contributed by atoms with van der Waals surface area (Å²) in [7, 11) is -3.26. The molecule has 8 nitrogen and oxygen atoms in total. The van der Waals surface area contributed by atoms with Crippen LogP contribution < -0.4 is 0 Å². The minimum absolute atomic E-state index is 0.0173. The molecular weight excluding hydrogens is 324 g/mol. The van der Waals surface area contributed by atoms with Gasteiger partial charge in [-0.1, -0.05) is 6.92 Å². The van der Waals surface area contributed by atoms with Crippen molar-refractivity contribution < 1.29 is 27.5 Å². The van der Waals surface area contributed by atoms with Crippen LogP contribution in [0.4, 0.5) is 0 Å². The predicted octanol–water partition coefficient (Wildman–Crippen LogP) is 0.864. The molecule has 0 aliphatic carbocycles. The van der Waals surface area contributed by atoms with Gasteiger partial charge < -0.3 is 14.4 Å². The van der Waals surface area contributed by atoms with Crippen molar-refractivity contribution in [1.82, 2.24) is 9.21 Å². The lowest BCUT2D eigenvalue weighted by Gasteiger charge is -2.36. The maximum absolute atomic E-state index is 12.3. The molecule has 0 radical (unpaired) electrons. The molecular formula is C14H20N2O6S. The summed E-state index contributed by atoms with van der Waals surface area (Å²) in [5, 5.41) is 8.81. The highest BCUT2D eigenvalue weighted by molar-refractivity contribution is 7.88. The maximum Gasteiger partial charge on any atom is 0.371 e. The third-order valence-corrected chi connectivity index (χ3v) is 5.33. The summed E-state index contributed by atoms with van der Waals surface area (Å²) in [5.41, 5.74) is 0. The van der Waals surface area contributed by atoms with Crippen LogP contribution in [0.15, 0.2) is 16.5 Å². The molecule has 1 amide bonds. The summed E-state index contributed by atoms with van der Waals surface area (Å²) in [6.45, 7) is 2.99. The Hall–Kier alpha value is -1.87. The predicted molar refractivity (Wildman–Crippen MR) is 81.8 cm³/mol. The lowest BCUT2D eigenvalue weighted by atomic mass is 10.0. The van der Waals surface area contributed by atoms with Gasteiger partial charge in [-0.25, -0.2) is 13.2 Å². The molecule has 1 aromatic rings. The topological polar surface area (TPSA) is 108 Å². The highest BCUT2D eigenvalue weighted by Crippen LogP contribution is 2.21. The van der Waals surface area contributed by atoms with Gasteiger partial charge in [0.15, 0.2) is 5.76 Å². The van der Waals surface area contributed by atoms with Crippen molar-refractivity contribution in [3.63, 3.8) is 0 Å². The van der Waals surface area contributed by atoms with Crippen LogP contribution in [0.5, 0.6) is 0 Å². The van der Waals surface area contributed by atoms with Crippen molar-refractivity contribution in [3.8, 4) is 0 Å². The SMILES string of the molecule is CCN(C1CCN(C(=O)c2ccc(C(=O)O)o2)CC1)S(C)(=O)=O. The molecule has 2 heterocycles. The third-order valence-electron chi connectivity index (χ3n) is 3.92. The average Bonchev–Trinajstić information content (AvgIpc) is 2.96. The minimum atomic E-state index is -3.26. The second-order valence-electron chi connectivity index (χ2n) is 5.46. The molecule has 2 rings (SSSR count). The first kappa shape index (κ1) is 17.5. The van der Waals surface area contributed by atoms with Crippen LogP contribution in [0.3, 0.4) is 0 Å². The zero-order chi connectivity index (χ0) is 17.2. The highest BCUT2D eigenvalue weighted by Gasteiger charge is 2.31. The number of nitrogens with zero attached hydrogens (tertiary/aromatic N) is 2. The number of carbonyl (C=O) groups excluding carboxylic acids is 1. The first-order valence-electron chi connectivity index (χ1n) is 7.33. The van der Waals surface area contributed by atoms with E-state index < -0.39 is 16.0 Å². The number of carboxylic acids is 1. The quantitative estimate of drug-likeness (QED) is 0.849. The molecule has 1 aromatic heterocycles. The van der Waals surface area contributed by atoms with E-state index in [0.29, 0.717) is 32.5 Å². The molecule has 0 spiro atoms. The number of furan rings is 1. The van der Waals surface area contributed by atoms with E-state index >= 15 is 0 Å². The number of piperidine rings is 1. The van der Waals surface area contributed by atoms with Gasteiger partial charge in [-0.05, 0) is 25.0 Å². The van der Waals surface area contributed by atoms with Gasteiger partial charge >= 0.3 is 5.97 Å². The summed E-state index contributed by atoms with van der Waals surface area (Å²) in [5.74, 6) is -1.90. The number of hydrogen-bond acceptors (Lipinski definition) is 5. The number of amides is 1. The Morgan fingerprint density at radius 1 is 1.30 bits per heavy atom. The summed E-state index contributed by atoms with van der Waals surface area (Å²) < 4.78 is 29.9. The molecule has 1 saturated heterocycles. The molecule has 0 aromatic carbocycles. The summed E-state index contributed by atoms with van der Waals surface area (Å²) >= 11 is 0. The monoisotopic (exact) mass is 344 g/mol. The molecule has 1 aliphatic rings. The molecule has 1 N–H and O–H groups in total. The standard InChI is InChI=1S/C14H20N2O6S/c1-3-16(23(2,20)21)10-6-8-15(9-7-10)13(17)11-4-5-12(22-11)14(18)19/h4-5,10H,3,6-9H2,1-2H3,(H,18,19). The second-order valence-corrected chi connectivity index (χ2v) is 7.39. The van der Waals surface area contributed by atoms with Gasteiger partial charge in [0.2, 0.25) is 15.8 Å². The van der Waals surface area contributed by atoms with Gasteiger partial charge in [0.25, 0.3) is 5.91 Å². The smallest absolute Gasteiger partial charge is 0.371 e. The molecule has 1 aliphatic heterocycles. The average molecular weight is 344 g/mol. The third kappa shape index (κ3) is 3.91.